The van der Waals surface area contributed by atoms with E-state index in [2.05, 4.69) is 36.4 Å². The van der Waals surface area contributed by atoms with Crippen molar-refractivity contribution in [2.24, 2.45) is 16.8 Å². The van der Waals surface area contributed by atoms with Crippen LogP contribution in [0, 0.1) is 11.8 Å². The lowest BCUT2D eigenvalue weighted by molar-refractivity contribution is 0.548. The normalized spacial score (nSPS) is 23.9. The molecule has 0 aromatic rings. The third kappa shape index (κ3) is 5.94. The van der Waals surface area contributed by atoms with Gasteiger partial charge in [0, 0.05) is 19.6 Å². The number of nitrogens with one attached hydrogen (secondary N) is 2. The summed E-state index contributed by atoms with van der Waals surface area (Å²) in [5.74, 6) is 2.66. The van der Waals surface area contributed by atoms with Crippen LogP contribution in [0.1, 0.15) is 52.9 Å². The third-order valence-electron chi connectivity index (χ3n) is 3.38. The Balaban J connectivity index is 2.09. The molecule has 0 bridgehead atoms. The van der Waals surface area contributed by atoms with E-state index in [1.165, 1.54) is 32.1 Å². The van der Waals surface area contributed by atoms with E-state index in [1.807, 2.05) is 7.05 Å². The Hall–Kier alpha value is -0.730. The first-order valence-corrected chi connectivity index (χ1v) is 7.14. The lowest BCUT2D eigenvalue weighted by Gasteiger charge is -2.12. The van der Waals surface area contributed by atoms with Gasteiger partial charge < -0.3 is 10.6 Å². The summed E-state index contributed by atoms with van der Waals surface area (Å²) in [4.78, 5) is 4.27. The number of guanidine groups is 1. The van der Waals surface area contributed by atoms with Crippen molar-refractivity contribution in [2.45, 2.75) is 58.9 Å². The Morgan fingerprint density at radius 1 is 1.41 bits per heavy atom. The Kier molecular flexibility index (Phi) is 6.38. The second kappa shape index (κ2) is 7.57. The molecule has 0 heterocycles. The molecule has 0 radical (unpaired) electrons. The van der Waals surface area contributed by atoms with Gasteiger partial charge in [-0.25, -0.2) is 0 Å². The van der Waals surface area contributed by atoms with Crippen LogP contribution in [0.15, 0.2) is 4.99 Å². The highest BCUT2D eigenvalue weighted by Gasteiger charge is 2.36. The van der Waals surface area contributed by atoms with Crippen molar-refractivity contribution in [2.75, 3.05) is 13.6 Å². The summed E-state index contributed by atoms with van der Waals surface area (Å²) in [5.41, 5.74) is 0. The molecular weight excluding hydrogens is 210 g/mol. The van der Waals surface area contributed by atoms with Crippen LogP contribution >= 0.6 is 0 Å². The molecule has 100 valence electrons. The van der Waals surface area contributed by atoms with Gasteiger partial charge in [-0.1, -0.05) is 27.2 Å². The zero-order valence-corrected chi connectivity index (χ0v) is 11.9. The predicted molar refractivity (Wildman–Crippen MR) is 75.4 cm³/mol. The topological polar surface area (TPSA) is 36.4 Å². The second-order valence-corrected chi connectivity index (χ2v) is 5.57. The highest BCUT2D eigenvalue weighted by Crippen LogP contribution is 2.34. The van der Waals surface area contributed by atoms with E-state index in [9.17, 15) is 0 Å². The Bertz CT molecular complexity index is 236. The Morgan fingerprint density at radius 2 is 2.18 bits per heavy atom. The molecule has 1 saturated carbocycles. The summed E-state index contributed by atoms with van der Waals surface area (Å²) in [7, 11) is 1.86. The van der Waals surface area contributed by atoms with Crippen molar-refractivity contribution >= 4 is 5.96 Å². The fourth-order valence-electron chi connectivity index (χ4n) is 2.20. The molecule has 1 rings (SSSR count). The molecule has 1 aliphatic carbocycles. The molecule has 3 nitrogen and oxygen atoms in total. The van der Waals surface area contributed by atoms with E-state index >= 15 is 0 Å². The maximum atomic E-state index is 4.27. The molecule has 17 heavy (non-hydrogen) atoms. The van der Waals surface area contributed by atoms with Crippen molar-refractivity contribution in [3.8, 4) is 0 Å². The van der Waals surface area contributed by atoms with Gasteiger partial charge in [0.05, 0.1) is 0 Å². The van der Waals surface area contributed by atoms with Crippen LogP contribution in [0.4, 0.5) is 0 Å². The summed E-state index contributed by atoms with van der Waals surface area (Å²) in [5, 5.41) is 6.90. The summed E-state index contributed by atoms with van der Waals surface area (Å²) < 4.78 is 0. The van der Waals surface area contributed by atoms with Gasteiger partial charge in [0.25, 0.3) is 0 Å². The van der Waals surface area contributed by atoms with Crippen LogP contribution in [-0.4, -0.2) is 25.6 Å². The number of hydrogen-bond donors (Lipinski definition) is 2. The second-order valence-electron chi connectivity index (χ2n) is 5.57. The van der Waals surface area contributed by atoms with Gasteiger partial charge in [0.2, 0.25) is 0 Å². The highest BCUT2D eigenvalue weighted by molar-refractivity contribution is 5.80. The van der Waals surface area contributed by atoms with Crippen molar-refractivity contribution in [1.82, 2.24) is 10.6 Å². The van der Waals surface area contributed by atoms with Crippen LogP contribution in [0.2, 0.25) is 0 Å². The first-order valence-electron chi connectivity index (χ1n) is 7.14. The van der Waals surface area contributed by atoms with Crippen molar-refractivity contribution < 1.29 is 0 Å². The van der Waals surface area contributed by atoms with Crippen molar-refractivity contribution in [3.63, 3.8) is 0 Å². The summed E-state index contributed by atoms with van der Waals surface area (Å²) in [6.45, 7) is 7.83. The van der Waals surface area contributed by atoms with E-state index in [0.717, 1.165) is 24.3 Å². The summed E-state index contributed by atoms with van der Waals surface area (Å²) in [6.07, 6.45) is 6.47. The van der Waals surface area contributed by atoms with Gasteiger partial charge in [-0.05, 0) is 37.5 Å². The van der Waals surface area contributed by atoms with Crippen molar-refractivity contribution in [3.05, 3.63) is 0 Å². The van der Waals surface area contributed by atoms with Gasteiger partial charge in [0.15, 0.2) is 5.96 Å². The van der Waals surface area contributed by atoms with Crippen LogP contribution < -0.4 is 10.6 Å². The third-order valence-corrected chi connectivity index (χ3v) is 3.38. The minimum atomic E-state index is 0.672. The zero-order chi connectivity index (χ0) is 12.7. The van der Waals surface area contributed by atoms with E-state index < -0.39 is 0 Å². The quantitative estimate of drug-likeness (QED) is 0.407. The van der Waals surface area contributed by atoms with Crippen LogP contribution in [0.3, 0.4) is 0 Å². The molecule has 1 fully saturated rings. The minimum absolute atomic E-state index is 0.672. The highest BCUT2D eigenvalue weighted by atomic mass is 15.2. The molecule has 2 atom stereocenters. The summed E-state index contributed by atoms with van der Waals surface area (Å²) in [6, 6.07) is 0.672. The van der Waals surface area contributed by atoms with E-state index in [4.69, 9.17) is 0 Å². The number of nitrogens with zero attached hydrogens (tertiary/aromatic N) is 1. The Labute approximate surface area is 106 Å². The monoisotopic (exact) mass is 239 g/mol. The largest absolute Gasteiger partial charge is 0.356 e. The molecule has 2 N–H and O–H groups in total. The predicted octanol–water partition coefficient (Wildman–Crippen LogP) is 2.78. The zero-order valence-electron chi connectivity index (χ0n) is 11.9. The van der Waals surface area contributed by atoms with Crippen LogP contribution in [0.25, 0.3) is 0 Å². The van der Waals surface area contributed by atoms with E-state index in [-0.39, 0.29) is 0 Å². The lowest BCUT2D eigenvalue weighted by Crippen LogP contribution is -2.39. The smallest absolute Gasteiger partial charge is 0.191 e. The molecule has 2 unspecified atom stereocenters. The average molecular weight is 239 g/mol. The Morgan fingerprint density at radius 3 is 2.76 bits per heavy atom. The SMILES string of the molecule is CCCC1CC1NC(=NC)NCCCC(C)C. The molecule has 0 saturated heterocycles. The molecular formula is C14H29N3. The van der Waals surface area contributed by atoms with Crippen LogP contribution in [0.5, 0.6) is 0 Å². The maximum absolute atomic E-state index is 4.27. The molecule has 0 aliphatic heterocycles. The molecule has 0 amide bonds. The number of hydrogen-bond acceptors (Lipinski definition) is 1. The first kappa shape index (κ1) is 14.3. The van der Waals surface area contributed by atoms with E-state index in [0.29, 0.717) is 6.04 Å². The summed E-state index contributed by atoms with van der Waals surface area (Å²) >= 11 is 0. The first-order chi connectivity index (χ1) is 8.17. The van der Waals surface area contributed by atoms with Gasteiger partial charge in [-0.3, -0.25) is 4.99 Å². The van der Waals surface area contributed by atoms with Gasteiger partial charge in [0.1, 0.15) is 0 Å². The lowest BCUT2D eigenvalue weighted by atomic mass is 10.1. The van der Waals surface area contributed by atoms with E-state index in [1.54, 1.807) is 0 Å². The molecule has 0 spiro atoms. The van der Waals surface area contributed by atoms with Gasteiger partial charge >= 0.3 is 0 Å². The maximum Gasteiger partial charge on any atom is 0.191 e. The number of aliphatic imine (C=N–C) groups is 1. The molecule has 1 aliphatic rings. The minimum Gasteiger partial charge on any atom is -0.356 e. The fraction of sp³-hybridized carbons (Fsp3) is 0.929. The molecule has 0 aromatic carbocycles. The molecule has 3 heteroatoms. The average Bonchev–Trinajstić information content (AvgIpc) is 3.01. The fourth-order valence-corrected chi connectivity index (χ4v) is 2.20. The van der Waals surface area contributed by atoms with Gasteiger partial charge in [-0.15, -0.1) is 0 Å². The van der Waals surface area contributed by atoms with Crippen molar-refractivity contribution in [1.29, 1.82) is 0 Å². The molecule has 0 aromatic heterocycles. The van der Waals surface area contributed by atoms with Crippen LogP contribution in [-0.2, 0) is 0 Å². The standard InChI is InChI=1S/C14H29N3/c1-5-7-12-10-13(12)17-14(15-4)16-9-6-8-11(2)3/h11-13H,5-10H2,1-4H3,(H2,15,16,17). The number of rotatable bonds is 7. The van der Waals surface area contributed by atoms with Gasteiger partial charge in [-0.2, -0.15) is 0 Å².